The normalized spacial score (nSPS) is 25.8. The highest BCUT2D eigenvalue weighted by atomic mass is 16.4. The summed E-state index contributed by atoms with van der Waals surface area (Å²) in [6.07, 6.45) is 7.61. The fourth-order valence-electron chi connectivity index (χ4n) is 3.81. The molecule has 4 nitrogen and oxygen atoms in total. The van der Waals surface area contributed by atoms with Gasteiger partial charge < -0.3 is 15.3 Å². The summed E-state index contributed by atoms with van der Waals surface area (Å²) in [6.45, 7) is 7.99. The topological polar surface area (TPSA) is 52.6 Å². The van der Waals surface area contributed by atoms with Gasteiger partial charge in [-0.1, -0.05) is 33.6 Å². The Morgan fingerprint density at radius 2 is 2.00 bits per heavy atom. The first kappa shape index (κ1) is 18.4. The van der Waals surface area contributed by atoms with E-state index in [-0.39, 0.29) is 0 Å². The Morgan fingerprint density at radius 1 is 1.33 bits per heavy atom. The summed E-state index contributed by atoms with van der Waals surface area (Å²) in [7, 11) is 2.20. The molecule has 1 saturated carbocycles. The average molecular weight is 298 g/mol. The van der Waals surface area contributed by atoms with Crippen LogP contribution in [0.25, 0.3) is 0 Å². The van der Waals surface area contributed by atoms with Crippen LogP contribution in [0.2, 0.25) is 0 Å². The molecular weight excluding hydrogens is 264 g/mol. The number of carbonyl (C=O) groups is 1. The van der Waals surface area contributed by atoms with Crippen molar-refractivity contribution in [1.29, 1.82) is 0 Å². The lowest BCUT2D eigenvalue weighted by Gasteiger charge is -2.37. The van der Waals surface area contributed by atoms with Crippen molar-refractivity contribution in [2.75, 3.05) is 20.1 Å². The quantitative estimate of drug-likeness (QED) is 0.687. The monoisotopic (exact) mass is 298 g/mol. The molecule has 0 aliphatic heterocycles. The second-order valence-electron chi connectivity index (χ2n) is 6.68. The van der Waals surface area contributed by atoms with Crippen LogP contribution in [0, 0.1) is 5.92 Å². The molecule has 3 unspecified atom stereocenters. The zero-order valence-electron chi connectivity index (χ0n) is 14.3. The molecule has 1 aliphatic rings. The van der Waals surface area contributed by atoms with Crippen LogP contribution < -0.4 is 5.32 Å². The van der Waals surface area contributed by atoms with Gasteiger partial charge in [0.05, 0.1) is 0 Å². The lowest BCUT2D eigenvalue weighted by molar-refractivity contribution is -0.145. The Balaban J connectivity index is 2.47. The first-order chi connectivity index (χ1) is 9.96. The van der Waals surface area contributed by atoms with E-state index in [1.807, 2.05) is 13.8 Å². The fourth-order valence-corrected chi connectivity index (χ4v) is 3.81. The Labute approximate surface area is 130 Å². The van der Waals surface area contributed by atoms with Gasteiger partial charge in [0.1, 0.15) is 5.54 Å². The van der Waals surface area contributed by atoms with Crippen molar-refractivity contribution in [3.05, 3.63) is 0 Å². The van der Waals surface area contributed by atoms with Crippen molar-refractivity contribution >= 4 is 5.97 Å². The maximum Gasteiger partial charge on any atom is 0.323 e. The van der Waals surface area contributed by atoms with Crippen LogP contribution in [0.4, 0.5) is 0 Å². The summed E-state index contributed by atoms with van der Waals surface area (Å²) in [5, 5.41) is 12.7. The highest BCUT2D eigenvalue weighted by molar-refractivity contribution is 5.78. The van der Waals surface area contributed by atoms with Gasteiger partial charge in [0.2, 0.25) is 0 Å². The van der Waals surface area contributed by atoms with Crippen LogP contribution in [0.3, 0.4) is 0 Å². The van der Waals surface area contributed by atoms with E-state index >= 15 is 0 Å². The third-order valence-electron chi connectivity index (χ3n) is 5.27. The van der Waals surface area contributed by atoms with Crippen molar-refractivity contribution in [2.24, 2.45) is 5.92 Å². The number of hydrogen-bond donors (Lipinski definition) is 2. The van der Waals surface area contributed by atoms with Gasteiger partial charge in [0.15, 0.2) is 0 Å². The second-order valence-corrected chi connectivity index (χ2v) is 6.68. The molecule has 0 radical (unpaired) electrons. The molecule has 0 spiro atoms. The van der Waals surface area contributed by atoms with Gasteiger partial charge in [-0.15, -0.1) is 0 Å². The van der Waals surface area contributed by atoms with Crippen molar-refractivity contribution in [2.45, 2.75) is 77.3 Å². The van der Waals surface area contributed by atoms with E-state index in [0.717, 1.165) is 18.9 Å². The Morgan fingerprint density at radius 3 is 2.52 bits per heavy atom. The summed E-state index contributed by atoms with van der Waals surface area (Å²) < 4.78 is 0. The van der Waals surface area contributed by atoms with Crippen molar-refractivity contribution in [1.82, 2.24) is 10.2 Å². The Hall–Kier alpha value is -0.610. The lowest BCUT2D eigenvalue weighted by Crippen LogP contribution is -2.52. The molecule has 0 aromatic heterocycles. The van der Waals surface area contributed by atoms with Crippen molar-refractivity contribution < 1.29 is 9.90 Å². The molecule has 0 aromatic carbocycles. The molecule has 0 amide bonds. The molecule has 0 bridgehead atoms. The molecule has 124 valence electrons. The summed E-state index contributed by atoms with van der Waals surface area (Å²) in [5.41, 5.74) is -0.742. The number of nitrogens with one attached hydrogen (secondary N) is 1. The van der Waals surface area contributed by atoms with E-state index in [4.69, 9.17) is 0 Å². The van der Waals surface area contributed by atoms with E-state index in [1.165, 1.54) is 25.7 Å². The van der Waals surface area contributed by atoms with Crippen LogP contribution in [-0.2, 0) is 4.79 Å². The van der Waals surface area contributed by atoms with Crippen LogP contribution in [-0.4, -0.2) is 47.7 Å². The van der Waals surface area contributed by atoms with E-state index in [0.29, 0.717) is 25.4 Å². The van der Waals surface area contributed by atoms with Crippen LogP contribution in [0.15, 0.2) is 0 Å². The fraction of sp³-hybridized carbons (Fsp3) is 0.941. The van der Waals surface area contributed by atoms with E-state index < -0.39 is 11.5 Å². The molecule has 1 fully saturated rings. The molecule has 0 heterocycles. The van der Waals surface area contributed by atoms with Gasteiger partial charge in [-0.05, 0) is 58.2 Å². The number of rotatable bonds is 9. The molecule has 0 saturated heterocycles. The summed E-state index contributed by atoms with van der Waals surface area (Å²) in [5.74, 6) is 0.0634. The molecule has 1 aliphatic carbocycles. The Kier molecular flexibility index (Phi) is 7.67. The number of carboxylic acid groups (broad SMARTS) is 1. The highest BCUT2D eigenvalue weighted by Crippen LogP contribution is 2.28. The van der Waals surface area contributed by atoms with Crippen LogP contribution in [0.5, 0.6) is 0 Å². The molecule has 0 aromatic rings. The summed E-state index contributed by atoms with van der Waals surface area (Å²) in [6, 6.07) is 0.679. The molecule has 4 heteroatoms. The van der Waals surface area contributed by atoms with Crippen molar-refractivity contribution in [3.8, 4) is 0 Å². The summed E-state index contributed by atoms with van der Waals surface area (Å²) in [4.78, 5) is 14.1. The zero-order valence-corrected chi connectivity index (χ0v) is 14.3. The van der Waals surface area contributed by atoms with Gasteiger partial charge in [-0.2, -0.15) is 0 Å². The van der Waals surface area contributed by atoms with Gasteiger partial charge >= 0.3 is 5.97 Å². The molecular formula is C17H34N2O2. The number of carboxylic acids is 1. The molecule has 2 N–H and O–H groups in total. The SMILES string of the molecule is CCNC(CC)(CCCN(C)C1CCCCC1C)C(=O)O. The maximum atomic E-state index is 11.6. The number of aliphatic carboxylic acids is 1. The first-order valence-electron chi connectivity index (χ1n) is 8.65. The predicted molar refractivity (Wildman–Crippen MR) is 87.6 cm³/mol. The minimum Gasteiger partial charge on any atom is -0.480 e. The van der Waals surface area contributed by atoms with Crippen LogP contribution in [0.1, 0.15) is 65.7 Å². The maximum absolute atomic E-state index is 11.6. The van der Waals surface area contributed by atoms with Crippen LogP contribution >= 0.6 is 0 Å². The average Bonchev–Trinajstić information content (AvgIpc) is 2.46. The van der Waals surface area contributed by atoms with Gasteiger partial charge in [0.25, 0.3) is 0 Å². The lowest BCUT2D eigenvalue weighted by atomic mass is 9.84. The molecule has 21 heavy (non-hydrogen) atoms. The second kappa shape index (κ2) is 8.74. The van der Waals surface area contributed by atoms with Gasteiger partial charge in [-0.25, -0.2) is 0 Å². The highest BCUT2D eigenvalue weighted by Gasteiger charge is 2.35. The largest absolute Gasteiger partial charge is 0.480 e. The Bertz CT molecular complexity index is 322. The third-order valence-corrected chi connectivity index (χ3v) is 5.27. The van der Waals surface area contributed by atoms with Gasteiger partial charge in [-0.3, -0.25) is 4.79 Å². The molecule has 1 rings (SSSR count). The number of hydrogen-bond acceptors (Lipinski definition) is 3. The van der Waals surface area contributed by atoms with Gasteiger partial charge in [0, 0.05) is 6.04 Å². The van der Waals surface area contributed by atoms with E-state index in [2.05, 4.69) is 24.2 Å². The molecule has 3 atom stereocenters. The zero-order chi connectivity index (χ0) is 15.9. The van der Waals surface area contributed by atoms with E-state index in [9.17, 15) is 9.90 Å². The minimum atomic E-state index is -0.742. The number of nitrogens with zero attached hydrogens (tertiary/aromatic N) is 1. The van der Waals surface area contributed by atoms with Crippen molar-refractivity contribution in [3.63, 3.8) is 0 Å². The minimum absolute atomic E-state index is 0.639. The van der Waals surface area contributed by atoms with E-state index in [1.54, 1.807) is 0 Å². The standard InChI is InChI=1S/C17H34N2O2/c1-5-17(16(20)21,18-6-2)12-9-13-19(4)15-11-8-7-10-14(15)3/h14-15,18H,5-13H2,1-4H3,(H,20,21). The first-order valence-corrected chi connectivity index (χ1v) is 8.65. The third kappa shape index (κ3) is 4.96. The predicted octanol–water partition coefficient (Wildman–Crippen LogP) is 3.12. The summed E-state index contributed by atoms with van der Waals surface area (Å²) >= 11 is 0. The number of likely N-dealkylation sites (N-methyl/N-ethyl adjacent to an activating group) is 1. The smallest absolute Gasteiger partial charge is 0.323 e.